The van der Waals surface area contributed by atoms with E-state index in [1.165, 1.54) is 17.1 Å². The summed E-state index contributed by atoms with van der Waals surface area (Å²) in [6.07, 6.45) is 1.53. The molecule has 0 spiro atoms. The molecule has 2 aromatic heterocycles. The summed E-state index contributed by atoms with van der Waals surface area (Å²) < 4.78 is 0. The molecule has 2 heterocycles. The molecule has 0 bridgehead atoms. The molecule has 4 nitrogen and oxygen atoms in total. The number of hydrogen-bond donors (Lipinski definition) is 0. The van der Waals surface area contributed by atoms with Crippen molar-refractivity contribution in [1.29, 1.82) is 0 Å². The molecule has 2 rings (SSSR count). The molecule has 0 aliphatic rings. The van der Waals surface area contributed by atoms with Gasteiger partial charge in [0.2, 0.25) is 0 Å². The molecule has 2 aromatic rings. The van der Waals surface area contributed by atoms with E-state index in [9.17, 15) is 10.1 Å². The van der Waals surface area contributed by atoms with Gasteiger partial charge < -0.3 is 10.1 Å². The molecule has 0 saturated carbocycles. The van der Waals surface area contributed by atoms with Crippen molar-refractivity contribution in [3.05, 3.63) is 44.8 Å². The van der Waals surface area contributed by atoms with Crippen molar-refractivity contribution in [3.63, 3.8) is 0 Å². The first-order valence-electron chi connectivity index (χ1n) is 4.33. The zero-order chi connectivity index (χ0) is 10.8. The molecular weight excluding hydrogens is 212 g/mol. The Bertz CT molecular complexity index is 490. The van der Waals surface area contributed by atoms with Gasteiger partial charge in [0.1, 0.15) is 6.20 Å². The maximum Gasteiger partial charge on any atom is 0.363 e. The van der Waals surface area contributed by atoms with E-state index in [2.05, 4.69) is 4.98 Å². The Morgan fingerprint density at radius 2 is 2.20 bits per heavy atom. The summed E-state index contributed by atoms with van der Waals surface area (Å²) in [6, 6.07) is 5.13. The van der Waals surface area contributed by atoms with Crippen molar-refractivity contribution in [2.24, 2.45) is 0 Å². The first kappa shape index (κ1) is 9.79. The van der Waals surface area contributed by atoms with Crippen LogP contribution in [-0.4, -0.2) is 9.91 Å². The number of thiophene rings is 1. The van der Waals surface area contributed by atoms with E-state index in [-0.39, 0.29) is 5.82 Å². The van der Waals surface area contributed by atoms with E-state index in [1.807, 2.05) is 18.4 Å². The van der Waals surface area contributed by atoms with Crippen molar-refractivity contribution in [2.75, 3.05) is 0 Å². The van der Waals surface area contributed by atoms with Crippen LogP contribution in [0.15, 0.2) is 29.8 Å². The van der Waals surface area contributed by atoms with Crippen LogP contribution in [0.1, 0.15) is 4.88 Å². The highest BCUT2D eigenvalue weighted by atomic mass is 32.1. The second-order valence-corrected chi connectivity index (χ2v) is 4.17. The Morgan fingerprint density at radius 1 is 1.40 bits per heavy atom. The summed E-state index contributed by atoms with van der Waals surface area (Å²) >= 11 is 1.65. The molecule has 0 aromatic carbocycles. The molecule has 0 atom stereocenters. The van der Waals surface area contributed by atoms with Crippen LogP contribution in [0, 0.1) is 17.0 Å². The highest BCUT2D eigenvalue weighted by molar-refractivity contribution is 7.10. The Hall–Kier alpha value is -1.75. The summed E-state index contributed by atoms with van der Waals surface area (Å²) in [6.45, 7) is 2.02. The fourth-order valence-corrected chi connectivity index (χ4v) is 2.06. The number of nitro groups is 1. The van der Waals surface area contributed by atoms with E-state index in [0.29, 0.717) is 0 Å². The summed E-state index contributed by atoms with van der Waals surface area (Å²) in [5, 5.41) is 12.4. The minimum Gasteiger partial charge on any atom is -0.358 e. The fraction of sp³-hybridized carbons (Fsp3) is 0.100. The Labute approximate surface area is 90.4 Å². The van der Waals surface area contributed by atoms with Gasteiger partial charge in [0.25, 0.3) is 0 Å². The zero-order valence-electron chi connectivity index (χ0n) is 8.01. The van der Waals surface area contributed by atoms with Crippen LogP contribution in [0.5, 0.6) is 0 Å². The normalized spacial score (nSPS) is 10.2. The van der Waals surface area contributed by atoms with Crippen molar-refractivity contribution >= 4 is 17.2 Å². The quantitative estimate of drug-likeness (QED) is 0.577. The van der Waals surface area contributed by atoms with Gasteiger partial charge in [-0.1, -0.05) is 0 Å². The number of hydrogen-bond acceptors (Lipinski definition) is 4. The molecule has 0 N–H and O–H groups in total. The topological polar surface area (TPSA) is 56.0 Å². The Balaban J connectivity index is 2.40. The third-order valence-corrected chi connectivity index (χ3v) is 2.95. The van der Waals surface area contributed by atoms with E-state index >= 15 is 0 Å². The molecule has 5 heteroatoms. The number of pyridine rings is 1. The molecule has 0 fully saturated rings. The van der Waals surface area contributed by atoms with Gasteiger partial charge in [0.15, 0.2) is 0 Å². The fourth-order valence-electron chi connectivity index (χ4n) is 1.34. The van der Waals surface area contributed by atoms with Crippen LogP contribution in [0.4, 0.5) is 5.82 Å². The second kappa shape index (κ2) is 3.78. The number of rotatable bonds is 2. The summed E-state index contributed by atoms with van der Waals surface area (Å²) in [7, 11) is 0. The standard InChI is InChI=1S/C10H8N2O2S/c1-7-9(4-5-15-7)8-2-3-10(11-6-8)12(13)14/h2-6H,1H3. The van der Waals surface area contributed by atoms with Crippen molar-refractivity contribution < 1.29 is 4.92 Å². The Kier molecular flexibility index (Phi) is 2.47. The minimum atomic E-state index is -0.496. The van der Waals surface area contributed by atoms with Crippen LogP contribution >= 0.6 is 11.3 Å². The molecule has 0 aliphatic carbocycles. The van der Waals surface area contributed by atoms with E-state index < -0.39 is 4.92 Å². The second-order valence-electron chi connectivity index (χ2n) is 3.05. The third kappa shape index (κ3) is 1.87. The van der Waals surface area contributed by atoms with Gasteiger partial charge in [-0.05, 0) is 39.9 Å². The lowest BCUT2D eigenvalue weighted by Crippen LogP contribution is -1.91. The number of aryl methyl sites for hydroxylation is 1. The van der Waals surface area contributed by atoms with Crippen molar-refractivity contribution in [3.8, 4) is 11.1 Å². The van der Waals surface area contributed by atoms with Gasteiger partial charge in [-0.3, -0.25) is 0 Å². The number of nitrogens with zero attached hydrogens (tertiary/aromatic N) is 2. The third-order valence-electron chi connectivity index (χ3n) is 2.10. The minimum absolute atomic E-state index is 0.119. The lowest BCUT2D eigenvalue weighted by Gasteiger charge is -1.97. The van der Waals surface area contributed by atoms with E-state index in [4.69, 9.17) is 0 Å². The van der Waals surface area contributed by atoms with Gasteiger partial charge >= 0.3 is 5.82 Å². The van der Waals surface area contributed by atoms with Gasteiger partial charge in [-0.2, -0.15) is 0 Å². The molecule has 76 valence electrons. The predicted molar refractivity (Wildman–Crippen MR) is 58.9 cm³/mol. The molecule has 0 aliphatic heterocycles. The van der Waals surface area contributed by atoms with Crippen molar-refractivity contribution in [1.82, 2.24) is 4.98 Å². The number of aromatic nitrogens is 1. The van der Waals surface area contributed by atoms with Crippen LogP contribution in [0.2, 0.25) is 0 Å². The molecule has 15 heavy (non-hydrogen) atoms. The SMILES string of the molecule is Cc1sccc1-c1ccc([N+](=O)[O-])nc1. The maximum atomic E-state index is 10.4. The van der Waals surface area contributed by atoms with E-state index in [1.54, 1.807) is 17.4 Å². The average Bonchev–Trinajstić information content (AvgIpc) is 2.65. The molecule has 0 unspecified atom stereocenters. The summed E-state index contributed by atoms with van der Waals surface area (Å²) in [5.74, 6) is -0.119. The molecule has 0 radical (unpaired) electrons. The van der Waals surface area contributed by atoms with Crippen LogP contribution < -0.4 is 0 Å². The van der Waals surface area contributed by atoms with Gasteiger partial charge in [0, 0.05) is 16.5 Å². The average molecular weight is 220 g/mol. The highest BCUT2D eigenvalue weighted by Crippen LogP contribution is 2.27. The van der Waals surface area contributed by atoms with Crippen LogP contribution in [-0.2, 0) is 0 Å². The van der Waals surface area contributed by atoms with Gasteiger partial charge in [0.05, 0.1) is 0 Å². The summed E-state index contributed by atoms with van der Waals surface area (Å²) in [4.78, 5) is 14.9. The smallest absolute Gasteiger partial charge is 0.358 e. The summed E-state index contributed by atoms with van der Waals surface area (Å²) in [5.41, 5.74) is 2.00. The first-order chi connectivity index (χ1) is 7.18. The van der Waals surface area contributed by atoms with Gasteiger partial charge in [-0.25, -0.2) is 0 Å². The van der Waals surface area contributed by atoms with Gasteiger partial charge in [-0.15, -0.1) is 11.3 Å². The first-order valence-corrected chi connectivity index (χ1v) is 5.21. The largest absolute Gasteiger partial charge is 0.363 e. The van der Waals surface area contributed by atoms with Crippen molar-refractivity contribution in [2.45, 2.75) is 6.92 Å². The lowest BCUT2D eigenvalue weighted by molar-refractivity contribution is -0.389. The van der Waals surface area contributed by atoms with Crippen LogP contribution in [0.3, 0.4) is 0 Å². The van der Waals surface area contributed by atoms with Crippen LogP contribution in [0.25, 0.3) is 11.1 Å². The molecular formula is C10H8N2O2S. The Morgan fingerprint density at radius 3 is 2.67 bits per heavy atom. The lowest BCUT2D eigenvalue weighted by atomic mass is 10.1. The predicted octanol–water partition coefficient (Wildman–Crippen LogP) is 3.03. The molecule has 0 saturated heterocycles. The van der Waals surface area contributed by atoms with E-state index in [0.717, 1.165) is 11.1 Å². The maximum absolute atomic E-state index is 10.4. The highest BCUT2D eigenvalue weighted by Gasteiger charge is 2.09. The zero-order valence-corrected chi connectivity index (χ0v) is 8.82. The monoisotopic (exact) mass is 220 g/mol. The molecule has 0 amide bonds.